The first-order valence-corrected chi connectivity index (χ1v) is 5.19. The maximum atomic E-state index is 11.1. The first-order valence-electron chi connectivity index (χ1n) is 3.90. The van der Waals surface area contributed by atoms with E-state index in [4.69, 9.17) is 16.9 Å². The van der Waals surface area contributed by atoms with Crippen molar-refractivity contribution in [2.45, 2.75) is 11.8 Å². The normalized spacial score (nSPS) is 11.9. The minimum absolute atomic E-state index is 0.0521. The van der Waals surface area contributed by atoms with E-state index in [0.717, 1.165) is 0 Å². The molecule has 1 aromatic rings. The fourth-order valence-corrected chi connectivity index (χ4v) is 1.62. The van der Waals surface area contributed by atoms with Gasteiger partial charge in [-0.3, -0.25) is 4.79 Å². The van der Waals surface area contributed by atoms with Gasteiger partial charge < -0.3 is 0 Å². The summed E-state index contributed by atoms with van der Waals surface area (Å²) in [5.41, 5.74) is 1.08. The molecule has 0 saturated carbocycles. The molecule has 0 aliphatic carbocycles. The van der Waals surface area contributed by atoms with Gasteiger partial charge in [-0.05, 0) is 30.7 Å². The average Bonchev–Trinajstić information content (AvgIpc) is 2.16. The third-order valence-corrected chi connectivity index (χ3v) is 3.14. The van der Waals surface area contributed by atoms with Crippen molar-refractivity contribution in [2.75, 3.05) is 0 Å². The second kappa shape index (κ2) is 4.59. The lowest BCUT2D eigenvalue weighted by Crippen LogP contribution is -2.03. The Morgan fingerprint density at radius 1 is 1.64 bits per heavy atom. The summed E-state index contributed by atoms with van der Waals surface area (Å²) in [6, 6.07) is 6.88. The molecule has 0 aromatic heterocycles. The minimum atomic E-state index is -0.462. The predicted octanol–water partition coefficient (Wildman–Crippen LogP) is 3.24. The maximum Gasteiger partial charge on any atom is 0.147 e. The number of hydrogen-bond donors (Lipinski definition) is 0. The predicted molar refractivity (Wildman–Crippen MR) is 58.5 cm³/mol. The van der Waals surface area contributed by atoms with Gasteiger partial charge in [0.15, 0.2) is 0 Å². The molecular weight excluding hydrogens is 265 g/mol. The highest BCUT2D eigenvalue weighted by atomic mass is 79.9. The van der Waals surface area contributed by atoms with Crippen LogP contribution < -0.4 is 0 Å². The number of carbonyl (C=O) groups is 1. The zero-order valence-corrected chi connectivity index (χ0v) is 9.76. The molecule has 4 heteroatoms. The lowest BCUT2D eigenvalue weighted by atomic mass is 10.0. The number of alkyl halides is 1. The van der Waals surface area contributed by atoms with Crippen molar-refractivity contribution >= 4 is 33.3 Å². The van der Waals surface area contributed by atoms with Gasteiger partial charge in [0.2, 0.25) is 0 Å². The monoisotopic (exact) mass is 271 g/mol. The van der Waals surface area contributed by atoms with Crippen molar-refractivity contribution in [1.82, 2.24) is 0 Å². The number of rotatable bonds is 2. The molecule has 1 aromatic carbocycles. The molecule has 2 nitrogen and oxygen atoms in total. The minimum Gasteiger partial charge on any atom is -0.298 e. The van der Waals surface area contributed by atoms with E-state index in [1.54, 1.807) is 18.2 Å². The standard InChI is InChI=1S/C10H7BrClNO/c1-6(14)10(11)9-4-8(12)3-2-7(9)5-13/h2-4,10H,1H3. The largest absolute Gasteiger partial charge is 0.298 e. The van der Waals surface area contributed by atoms with Crippen LogP contribution in [0.1, 0.15) is 22.9 Å². The molecule has 72 valence electrons. The van der Waals surface area contributed by atoms with Crippen LogP contribution in [0.2, 0.25) is 5.02 Å². The zero-order chi connectivity index (χ0) is 10.7. The summed E-state index contributed by atoms with van der Waals surface area (Å²) >= 11 is 9.00. The Morgan fingerprint density at radius 2 is 2.29 bits per heavy atom. The Bertz CT molecular complexity index is 411. The van der Waals surface area contributed by atoms with Gasteiger partial charge in [-0.1, -0.05) is 27.5 Å². The van der Waals surface area contributed by atoms with Crippen LogP contribution in [-0.2, 0) is 4.79 Å². The smallest absolute Gasteiger partial charge is 0.147 e. The zero-order valence-electron chi connectivity index (χ0n) is 7.42. The van der Waals surface area contributed by atoms with E-state index in [-0.39, 0.29) is 5.78 Å². The van der Waals surface area contributed by atoms with E-state index in [9.17, 15) is 4.79 Å². The molecule has 0 heterocycles. The molecule has 0 N–H and O–H groups in total. The van der Waals surface area contributed by atoms with E-state index in [1.165, 1.54) is 6.92 Å². The Kier molecular flexibility index (Phi) is 3.68. The van der Waals surface area contributed by atoms with E-state index in [2.05, 4.69) is 15.9 Å². The molecule has 0 aliphatic heterocycles. The Balaban J connectivity index is 3.25. The van der Waals surface area contributed by atoms with Gasteiger partial charge in [0.25, 0.3) is 0 Å². The lowest BCUT2D eigenvalue weighted by Gasteiger charge is -2.08. The molecule has 1 atom stereocenters. The van der Waals surface area contributed by atoms with Gasteiger partial charge in [-0.15, -0.1) is 0 Å². The number of nitrogens with zero attached hydrogens (tertiary/aromatic N) is 1. The molecule has 0 amide bonds. The second-order valence-electron chi connectivity index (χ2n) is 2.82. The van der Waals surface area contributed by atoms with Crippen LogP contribution in [0.15, 0.2) is 18.2 Å². The summed E-state index contributed by atoms with van der Waals surface area (Å²) in [6.07, 6.45) is 0. The summed E-state index contributed by atoms with van der Waals surface area (Å²) in [6.45, 7) is 1.46. The van der Waals surface area contributed by atoms with Crippen LogP contribution >= 0.6 is 27.5 Å². The highest BCUT2D eigenvalue weighted by Gasteiger charge is 2.16. The average molecular weight is 273 g/mol. The van der Waals surface area contributed by atoms with Crippen LogP contribution in [0.25, 0.3) is 0 Å². The highest BCUT2D eigenvalue weighted by Crippen LogP contribution is 2.28. The van der Waals surface area contributed by atoms with Crippen LogP contribution in [0.5, 0.6) is 0 Å². The highest BCUT2D eigenvalue weighted by molar-refractivity contribution is 9.09. The Hall–Kier alpha value is -0.850. The van der Waals surface area contributed by atoms with Crippen molar-refractivity contribution < 1.29 is 4.79 Å². The number of Topliss-reactive ketones (excluding diaryl/α,β-unsaturated/α-hetero) is 1. The molecule has 0 saturated heterocycles. The fraction of sp³-hybridized carbons (Fsp3) is 0.200. The molecular formula is C10H7BrClNO. The fourth-order valence-electron chi connectivity index (χ4n) is 1.06. The number of nitriles is 1. The summed E-state index contributed by atoms with van der Waals surface area (Å²) < 4.78 is 0. The van der Waals surface area contributed by atoms with E-state index in [1.807, 2.05) is 6.07 Å². The van der Waals surface area contributed by atoms with Gasteiger partial charge in [-0.25, -0.2) is 0 Å². The van der Waals surface area contributed by atoms with E-state index >= 15 is 0 Å². The molecule has 0 fully saturated rings. The van der Waals surface area contributed by atoms with Crippen molar-refractivity contribution in [3.8, 4) is 6.07 Å². The number of hydrogen-bond acceptors (Lipinski definition) is 2. The number of carbonyl (C=O) groups excluding carboxylic acids is 1. The number of benzene rings is 1. The van der Waals surface area contributed by atoms with Crippen molar-refractivity contribution in [3.05, 3.63) is 34.3 Å². The summed E-state index contributed by atoms with van der Waals surface area (Å²) in [5, 5.41) is 9.33. The van der Waals surface area contributed by atoms with Crippen molar-refractivity contribution in [1.29, 1.82) is 5.26 Å². The first-order chi connectivity index (χ1) is 6.56. The third-order valence-electron chi connectivity index (χ3n) is 1.76. The van der Waals surface area contributed by atoms with Crippen LogP contribution in [0.3, 0.4) is 0 Å². The summed E-state index contributed by atoms with van der Waals surface area (Å²) in [5.74, 6) is -0.0521. The van der Waals surface area contributed by atoms with Crippen LogP contribution in [0.4, 0.5) is 0 Å². The van der Waals surface area contributed by atoms with Gasteiger partial charge >= 0.3 is 0 Å². The third kappa shape index (κ3) is 2.34. The maximum absolute atomic E-state index is 11.1. The Labute approximate surface area is 95.6 Å². The van der Waals surface area contributed by atoms with Crippen molar-refractivity contribution in [3.63, 3.8) is 0 Å². The topological polar surface area (TPSA) is 40.9 Å². The summed E-state index contributed by atoms with van der Waals surface area (Å²) in [4.78, 5) is 10.7. The van der Waals surface area contributed by atoms with E-state index in [0.29, 0.717) is 16.1 Å². The second-order valence-corrected chi connectivity index (χ2v) is 4.17. The van der Waals surface area contributed by atoms with Gasteiger partial charge in [0.05, 0.1) is 16.5 Å². The lowest BCUT2D eigenvalue weighted by molar-refractivity contribution is -0.116. The molecule has 0 aliphatic rings. The molecule has 0 spiro atoms. The van der Waals surface area contributed by atoms with Gasteiger partial charge in [-0.2, -0.15) is 5.26 Å². The number of ketones is 1. The number of halogens is 2. The van der Waals surface area contributed by atoms with Gasteiger partial charge in [0.1, 0.15) is 5.78 Å². The summed E-state index contributed by atoms with van der Waals surface area (Å²) in [7, 11) is 0. The van der Waals surface area contributed by atoms with Gasteiger partial charge in [0, 0.05) is 5.02 Å². The molecule has 0 bridgehead atoms. The SMILES string of the molecule is CC(=O)C(Br)c1cc(Cl)ccc1C#N. The van der Waals surface area contributed by atoms with Crippen molar-refractivity contribution in [2.24, 2.45) is 0 Å². The Morgan fingerprint density at radius 3 is 2.79 bits per heavy atom. The van der Waals surface area contributed by atoms with Crippen LogP contribution in [-0.4, -0.2) is 5.78 Å². The quantitative estimate of drug-likeness (QED) is 0.776. The van der Waals surface area contributed by atoms with Crippen LogP contribution in [0, 0.1) is 11.3 Å². The molecule has 0 radical (unpaired) electrons. The molecule has 14 heavy (non-hydrogen) atoms. The first kappa shape index (κ1) is 11.2. The molecule has 1 rings (SSSR count). The molecule has 1 unspecified atom stereocenters. The van der Waals surface area contributed by atoms with E-state index < -0.39 is 4.83 Å².